The maximum atomic E-state index is 13.6. The van der Waals surface area contributed by atoms with E-state index in [9.17, 15) is 14.5 Å². The van der Waals surface area contributed by atoms with E-state index < -0.39 is 10.7 Å². The molecular formula is C11H12FN3O2. The van der Waals surface area contributed by atoms with Crippen LogP contribution < -0.4 is 4.90 Å². The van der Waals surface area contributed by atoms with Crippen LogP contribution in [0.15, 0.2) is 18.2 Å². The molecule has 0 saturated heterocycles. The molecule has 0 fully saturated rings. The summed E-state index contributed by atoms with van der Waals surface area (Å²) in [7, 11) is 0. The van der Waals surface area contributed by atoms with E-state index >= 15 is 0 Å². The number of non-ortho nitro benzene ring substituents is 1. The summed E-state index contributed by atoms with van der Waals surface area (Å²) in [5.41, 5.74) is 0.0101. The number of anilines is 1. The lowest BCUT2D eigenvalue weighted by Gasteiger charge is -2.22. The second-order valence-corrected chi connectivity index (χ2v) is 3.38. The molecule has 90 valence electrons. The van der Waals surface area contributed by atoms with Crippen LogP contribution >= 0.6 is 0 Å². The van der Waals surface area contributed by atoms with E-state index in [1.807, 2.05) is 13.0 Å². The number of nitrogens with zero attached hydrogens (tertiary/aromatic N) is 3. The second-order valence-electron chi connectivity index (χ2n) is 3.38. The molecule has 0 aliphatic carbocycles. The van der Waals surface area contributed by atoms with Crippen molar-refractivity contribution in [3.8, 4) is 6.07 Å². The minimum absolute atomic E-state index is 0.275. The number of nitriles is 1. The molecule has 17 heavy (non-hydrogen) atoms. The SMILES string of the molecule is CCN(CCC#N)c1ccc([N+](=O)[O-])cc1F. The molecule has 0 N–H and O–H groups in total. The van der Waals surface area contributed by atoms with Gasteiger partial charge in [0.2, 0.25) is 0 Å². The first-order chi connectivity index (χ1) is 8.10. The summed E-state index contributed by atoms with van der Waals surface area (Å²) in [4.78, 5) is 11.5. The van der Waals surface area contributed by atoms with Crippen LogP contribution in [-0.4, -0.2) is 18.0 Å². The third kappa shape index (κ3) is 3.14. The largest absolute Gasteiger partial charge is 0.368 e. The predicted octanol–water partition coefficient (Wildman–Crippen LogP) is 2.47. The molecule has 0 aliphatic rings. The minimum atomic E-state index is -0.640. The van der Waals surface area contributed by atoms with Gasteiger partial charge in [-0.2, -0.15) is 5.26 Å². The lowest BCUT2D eigenvalue weighted by Crippen LogP contribution is -2.24. The summed E-state index contributed by atoms with van der Waals surface area (Å²) in [6, 6.07) is 5.50. The third-order valence-corrected chi connectivity index (χ3v) is 2.36. The van der Waals surface area contributed by atoms with Gasteiger partial charge in [-0.15, -0.1) is 0 Å². The van der Waals surface area contributed by atoms with E-state index in [0.717, 1.165) is 6.07 Å². The van der Waals surface area contributed by atoms with Gasteiger partial charge in [-0.1, -0.05) is 0 Å². The lowest BCUT2D eigenvalue weighted by atomic mass is 10.2. The molecule has 1 aromatic carbocycles. The highest BCUT2D eigenvalue weighted by atomic mass is 19.1. The van der Waals surface area contributed by atoms with E-state index in [2.05, 4.69) is 0 Å². The maximum absolute atomic E-state index is 13.6. The number of nitro groups is 1. The number of halogens is 1. The van der Waals surface area contributed by atoms with E-state index in [1.165, 1.54) is 12.1 Å². The van der Waals surface area contributed by atoms with Gasteiger partial charge in [0, 0.05) is 19.2 Å². The Morgan fingerprint density at radius 3 is 2.76 bits per heavy atom. The average molecular weight is 237 g/mol. The smallest absolute Gasteiger partial charge is 0.272 e. The fraction of sp³-hybridized carbons (Fsp3) is 0.364. The predicted molar refractivity (Wildman–Crippen MR) is 61.2 cm³/mol. The first-order valence-corrected chi connectivity index (χ1v) is 5.16. The molecule has 1 rings (SSSR count). The van der Waals surface area contributed by atoms with Crippen molar-refractivity contribution in [2.24, 2.45) is 0 Å². The molecule has 5 nitrogen and oxygen atoms in total. The molecular weight excluding hydrogens is 225 g/mol. The zero-order chi connectivity index (χ0) is 12.8. The molecule has 0 unspecified atom stereocenters. The fourth-order valence-electron chi connectivity index (χ4n) is 1.50. The summed E-state index contributed by atoms with van der Waals surface area (Å²) >= 11 is 0. The van der Waals surface area contributed by atoms with Crippen LogP contribution in [0, 0.1) is 27.3 Å². The highest BCUT2D eigenvalue weighted by Crippen LogP contribution is 2.23. The third-order valence-electron chi connectivity index (χ3n) is 2.36. The molecule has 0 atom stereocenters. The van der Waals surface area contributed by atoms with Gasteiger partial charge >= 0.3 is 0 Å². The standard InChI is InChI=1S/C11H12FN3O2/c1-2-14(7-3-6-13)11-5-4-9(15(16)17)8-10(11)12/h4-5,8H,2-3,7H2,1H3. The molecule has 0 saturated carbocycles. The summed E-state index contributed by atoms with van der Waals surface area (Å²) in [5, 5.41) is 18.9. The van der Waals surface area contributed by atoms with E-state index in [4.69, 9.17) is 5.26 Å². The average Bonchev–Trinajstić information content (AvgIpc) is 2.31. The van der Waals surface area contributed by atoms with Crippen molar-refractivity contribution in [2.45, 2.75) is 13.3 Å². The van der Waals surface area contributed by atoms with Crippen molar-refractivity contribution in [1.82, 2.24) is 0 Å². The van der Waals surface area contributed by atoms with Gasteiger partial charge in [-0.25, -0.2) is 4.39 Å². The number of hydrogen-bond donors (Lipinski definition) is 0. The topological polar surface area (TPSA) is 70.2 Å². The van der Waals surface area contributed by atoms with E-state index in [1.54, 1.807) is 4.90 Å². The molecule has 0 bridgehead atoms. The normalized spacial score (nSPS) is 9.71. The summed E-state index contributed by atoms with van der Waals surface area (Å²) in [6.07, 6.45) is 0.282. The van der Waals surface area contributed by atoms with Gasteiger partial charge in [0.25, 0.3) is 5.69 Å². The first-order valence-electron chi connectivity index (χ1n) is 5.16. The Hall–Kier alpha value is -2.16. The quantitative estimate of drug-likeness (QED) is 0.582. The number of benzene rings is 1. The molecule has 6 heteroatoms. The highest BCUT2D eigenvalue weighted by Gasteiger charge is 2.14. The van der Waals surface area contributed by atoms with E-state index in [-0.39, 0.29) is 17.8 Å². The Morgan fingerprint density at radius 2 is 2.29 bits per heavy atom. The van der Waals surface area contributed by atoms with Crippen LogP contribution in [0.25, 0.3) is 0 Å². The van der Waals surface area contributed by atoms with Crippen LogP contribution in [0.2, 0.25) is 0 Å². The van der Waals surface area contributed by atoms with Gasteiger partial charge in [0.1, 0.15) is 0 Å². The van der Waals surface area contributed by atoms with Gasteiger partial charge in [-0.3, -0.25) is 10.1 Å². The van der Waals surface area contributed by atoms with Crippen molar-refractivity contribution < 1.29 is 9.31 Å². The Bertz CT molecular complexity index is 457. The Labute approximate surface area is 98.2 Å². The molecule has 0 aliphatic heterocycles. The minimum Gasteiger partial charge on any atom is -0.368 e. The van der Waals surface area contributed by atoms with Crippen LogP contribution in [0.5, 0.6) is 0 Å². The fourth-order valence-corrected chi connectivity index (χ4v) is 1.50. The van der Waals surface area contributed by atoms with Crippen molar-refractivity contribution >= 4 is 11.4 Å². The van der Waals surface area contributed by atoms with Gasteiger partial charge in [0.05, 0.1) is 29.2 Å². The zero-order valence-corrected chi connectivity index (χ0v) is 9.39. The second kappa shape index (κ2) is 5.80. The number of rotatable bonds is 5. The van der Waals surface area contributed by atoms with Gasteiger partial charge in [-0.05, 0) is 13.0 Å². The van der Waals surface area contributed by atoms with Crippen LogP contribution in [0.1, 0.15) is 13.3 Å². The van der Waals surface area contributed by atoms with E-state index in [0.29, 0.717) is 13.1 Å². The highest BCUT2D eigenvalue weighted by molar-refractivity contribution is 5.52. The molecule has 1 aromatic rings. The molecule has 0 radical (unpaired) electrons. The van der Waals surface area contributed by atoms with Crippen molar-refractivity contribution in [1.29, 1.82) is 5.26 Å². The van der Waals surface area contributed by atoms with Gasteiger partial charge < -0.3 is 4.90 Å². The van der Waals surface area contributed by atoms with Crippen LogP contribution in [0.4, 0.5) is 15.8 Å². The molecule has 0 spiro atoms. The molecule has 0 aromatic heterocycles. The molecule has 0 heterocycles. The zero-order valence-electron chi connectivity index (χ0n) is 9.39. The van der Waals surface area contributed by atoms with Crippen molar-refractivity contribution in [3.05, 3.63) is 34.1 Å². The summed E-state index contributed by atoms with van der Waals surface area (Å²) in [5.74, 6) is -0.640. The van der Waals surface area contributed by atoms with Crippen LogP contribution in [0.3, 0.4) is 0 Å². The number of nitro benzene ring substituents is 1. The van der Waals surface area contributed by atoms with Gasteiger partial charge in [0.15, 0.2) is 5.82 Å². The molecule has 0 amide bonds. The number of hydrogen-bond acceptors (Lipinski definition) is 4. The Kier molecular flexibility index (Phi) is 4.40. The summed E-state index contributed by atoms with van der Waals surface area (Å²) in [6.45, 7) is 2.77. The Balaban J connectivity index is 2.97. The van der Waals surface area contributed by atoms with Crippen LogP contribution in [-0.2, 0) is 0 Å². The summed E-state index contributed by atoms with van der Waals surface area (Å²) < 4.78 is 13.6. The maximum Gasteiger partial charge on any atom is 0.272 e. The first kappa shape index (κ1) is 12.9. The van der Waals surface area contributed by atoms with Crippen molar-refractivity contribution in [2.75, 3.05) is 18.0 Å². The monoisotopic (exact) mass is 237 g/mol. The Morgan fingerprint density at radius 1 is 1.59 bits per heavy atom. The lowest BCUT2D eigenvalue weighted by molar-refractivity contribution is -0.385. The van der Waals surface area contributed by atoms with Crippen molar-refractivity contribution in [3.63, 3.8) is 0 Å².